The average Bonchev–Trinajstić information content (AvgIpc) is 2.94. The number of carbonyl (C=O) groups is 1. The molecule has 0 spiro atoms. The molecule has 94 valence electrons. The van der Waals surface area contributed by atoms with Crippen LogP contribution in [0.3, 0.4) is 0 Å². The molecule has 17 heavy (non-hydrogen) atoms. The molecule has 2 unspecified atom stereocenters. The lowest BCUT2D eigenvalue weighted by Crippen LogP contribution is -2.13. The Labute approximate surface area is 103 Å². The standard InChI is InChI=1S/C14H22N2O/c1-3-11-4-5-12(10-11)13(17)6-7-14-15-8-9-16(14)2/h8-9,11-12H,3-7,10H2,1-2H3. The Hall–Kier alpha value is -1.12. The highest BCUT2D eigenvalue weighted by molar-refractivity contribution is 5.81. The fourth-order valence-electron chi connectivity index (χ4n) is 2.81. The second-order valence-electron chi connectivity index (χ2n) is 5.20. The smallest absolute Gasteiger partial charge is 0.136 e. The number of aryl methyl sites for hydroxylation is 2. The van der Waals surface area contributed by atoms with E-state index in [4.69, 9.17) is 0 Å². The fourth-order valence-corrected chi connectivity index (χ4v) is 2.81. The second kappa shape index (κ2) is 5.48. The number of hydrogen-bond donors (Lipinski definition) is 0. The highest BCUT2D eigenvalue weighted by Gasteiger charge is 2.28. The van der Waals surface area contributed by atoms with E-state index in [0.717, 1.165) is 31.0 Å². The summed E-state index contributed by atoms with van der Waals surface area (Å²) in [5, 5.41) is 0. The summed E-state index contributed by atoms with van der Waals surface area (Å²) in [5.41, 5.74) is 0. The first-order chi connectivity index (χ1) is 8.20. The van der Waals surface area contributed by atoms with Crippen LogP contribution < -0.4 is 0 Å². The molecule has 1 aliphatic rings. The first-order valence-electron chi connectivity index (χ1n) is 6.69. The summed E-state index contributed by atoms with van der Waals surface area (Å²) in [6.45, 7) is 2.23. The second-order valence-corrected chi connectivity index (χ2v) is 5.20. The van der Waals surface area contributed by atoms with Gasteiger partial charge in [0.2, 0.25) is 0 Å². The van der Waals surface area contributed by atoms with Crippen LogP contribution in [0, 0.1) is 11.8 Å². The molecule has 0 aliphatic heterocycles. The third-order valence-corrected chi connectivity index (χ3v) is 4.09. The Kier molecular flexibility index (Phi) is 3.97. The Morgan fingerprint density at radius 2 is 2.35 bits per heavy atom. The van der Waals surface area contributed by atoms with Crippen LogP contribution in [0.2, 0.25) is 0 Å². The summed E-state index contributed by atoms with van der Waals surface area (Å²) in [5.74, 6) is 2.59. The highest BCUT2D eigenvalue weighted by atomic mass is 16.1. The maximum Gasteiger partial charge on any atom is 0.136 e. The zero-order valence-electron chi connectivity index (χ0n) is 10.9. The van der Waals surface area contributed by atoms with Gasteiger partial charge in [0.25, 0.3) is 0 Å². The molecule has 1 aromatic heterocycles. The van der Waals surface area contributed by atoms with Crippen LogP contribution in [0.15, 0.2) is 12.4 Å². The van der Waals surface area contributed by atoms with Gasteiger partial charge in [0, 0.05) is 38.2 Å². The Balaban J connectivity index is 1.80. The number of imidazole rings is 1. The van der Waals surface area contributed by atoms with Gasteiger partial charge in [-0.05, 0) is 25.2 Å². The van der Waals surface area contributed by atoms with Crippen LogP contribution in [0.25, 0.3) is 0 Å². The summed E-state index contributed by atoms with van der Waals surface area (Å²) in [7, 11) is 1.98. The number of ketones is 1. The topological polar surface area (TPSA) is 34.9 Å². The summed E-state index contributed by atoms with van der Waals surface area (Å²) < 4.78 is 2.00. The van der Waals surface area contributed by atoms with Crippen molar-refractivity contribution >= 4 is 5.78 Å². The van der Waals surface area contributed by atoms with Gasteiger partial charge in [0.1, 0.15) is 11.6 Å². The van der Waals surface area contributed by atoms with Crippen molar-refractivity contribution in [2.24, 2.45) is 18.9 Å². The quantitative estimate of drug-likeness (QED) is 0.785. The zero-order valence-corrected chi connectivity index (χ0v) is 10.9. The molecule has 1 saturated carbocycles. The number of hydrogen-bond acceptors (Lipinski definition) is 2. The third kappa shape index (κ3) is 2.96. The van der Waals surface area contributed by atoms with Crippen LogP contribution >= 0.6 is 0 Å². The van der Waals surface area contributed by atoms with E-state index >= 15 is 0 Å². The molecule has 3 nitrogen and oxygen atoms in total. The number of carbonyl (C=O) groups excluding carboxylic acids is 1. The van der Waals surface area contributed by atoms with E-state index in [1.54, 1.807) is 6.20 Å². The SMILES string of the molecule is CCC1CCC(C(=O)CCc2nccn2C)C1. The Morgan fingerprint density at radius 1 is 1.53 bits per heavy atom. The minimum Gasteiger partial charge on any atom is -0.338 e. The number of Topliss-reactive ketones (excluding diaryl/α,β-unsaturated/α-hetero) is 1. The van der Waals surface area contributed by atoms with E-state index < -0.39 is 0 Å². The van der Waals surface area contributed by atoms with Crippen molar-refractivity contribution in [1.29, 1.82) is 0 Å². The molecule has 3 heteroatoms. The van der Waals surface area contributed by atoms with Crippen LogP contribution in [0.5, 0.6) is 0 Å². The number of rotatable bonds is 5. The summed E-state index contributed by atoms with van der Waals surface area (Å²) in [4.78, 5) is 16.3. The Morgan fingerprint density at radius 3 is 2.94 bits per heavy atom. The third-order valence-electron chi connectivity index (χ3n) is 4.09. The van der Waals surface area contributed by atoms with Crippen molar-refractivity contribution in [3.63, 3.8) is 0 Å². The lowest BCUT2D eigenvalue weighted by Gasteiger charge is -2.09. The molecule has 2 atom stereocenters. The first kappa shape index (κ1) is 12.3. The molecule has 0 aromatic carbocycles. The van der Waals surface area contributed by atoms with Crippen molar-refractivity contribution in [3.05, 3.63) is 18.2 Å². The van der Waals surface area contributed by atoms with Crippen molar-refractivity contribution < 1.29 is 4.79 Å². The van der Waals surface area contributed by atoms with Gasteiger partial charge in [0.05, 0.1) is 0 Å². The number of nitrogens with zero attached hydrogens (tertiary/aromatic N) is 2. The van der Waals surface area contributed by atoms with Crippen LogP contribution in [0.1, 0.15) is 44.9 Å². The van der Waals surface area contributed by atoms with Crippen LogP contribution in [0.4, 0.5) is 0 Å². The molecule has 0 N–H and O–H groups in total. The predicted molar refractivity (Wildman–Crippen MR) is 67.7 cm³/mol. The van der Waals surface area contributed by atoms with Crippen LogP contribution in [-0.4, -0.2) is 15.3 Å². The van der Waals surface area contributed by atoms with Gasteiger partial charge < -0.3 is 4.57 Å². The zero-order chi connectivity index (χ0) is 12.3. The molecule has 0 amide bonds. The molecular weight excluding hydrogens is 212 g/mol. The normalized spacial score (nSPS) is 24.1. The molecule has 2 rings (SSSR count). The van der Waals surface area contributed by atoms with E-state index in [1.807, 2.05) is 17.8 Å². The molecule has 1 aromatic rings. The van der Waals surface area contributed by atoms with Gasteiger partial charge in [-0.25, -0.2) is 4.98 Å². The molecule has 1 heterocycles. The van der Waals surface area contributed by atoms with Crippen molar-refractivity contribution in [3.8, 4) is 0 Å². The minimum absolute atomic E-state index is 0.334. The van der Waals surface area contributed by atoms with E-state index in [9.17, 15) is 4.79 Å². The molecule has 0 bridgehead atoms. The van der Waals surface area contributed by atoms with Crippen molar-refractivity contribution in [2.45, 2.75) is 45.4 Å². The summed E-state index contributed by atoms with van der Waals surface area (Å²) >= 11 is 0. The van der Waals surface area contributed by atoms with Gasteiger partial charge in [-0.2, -0.15) is 0 Å². The fraction of sp³-hybridized carbons (Fsp3) is 0.714. The molecule has 1 aliphatic carbocycles. The monoisotopic (exact) mass is 234 g/mol. The van der Waals surface area contributed by atoms with Gasteiger partial charge in [-0.3, -0.25) is 4.79 Å². The van der Waals surface area contributed by atoms with Crippen molar-refractivity contribution in [2.75, 3.05) is 0 Å². The predicted octanol–water partition coefficient (Wildman–Crippen LogP) is 2.75. The molecular formula is C14H22N2O. The van der Waals surface area contributed by atoms with Crippen LogP contribution in [-0.2, 0) is 18.3 Å². The lowest BCUT2D eigenvalue weighted by atomic mass is 9.96. The lowest BCUT2D eigenvalue weighted by molar-refractivity contribution is -0.122. The largest absolute Gasteiger partial charge is 0.338 e. The van der Waals surface area contributed by atoms with Gasteiger partial charge >= 0.3 is 0 Å². The highest BCUT2D eigenvalue weighted by Crippen LogP contribution is 2.34. The van der Waals surface area contributed by atoms with E-state index in [0.29, 0.717) is 18.1 Å². The number of aromatic nitrogens is 2. The van der Waals surface area contributed by atoms with E-state index in [1.165, 1.54) is 12.8 Å². The van der Waals surface area contributed by atoms with E-state index in [-0.39, 0.29) is 0 Å². The molecule has 0 saturated heterocycles. The summed E-state index contributed by atoms with van der Waals surface area (Å²) in [6.07, 6.45) is 9.87. The minimum atomic E-state index is 0.334. The average molecular weight is 234 g/mol. The maximum absolute atomic E-state index is 12.1. The first-order valence-corrected chi connectivity index (χ1v) is 6.69. The van der Waals surface area contributed by atoms with Gasteiger partial charge in [0.15, 0.2) is 0 Å². The molecule has 0 radical (unpaired) electrons. The summed E-state index contributed by atoms with van der Waals surface area (Å²) in [6, 6.07) is 0. The van der Waals surface area contributed by atoms with Crippen molar-refractivity contribution in [1.82, 2.24) is 9.55 Å². The van der Waals surface area contributed by atoms with E-state index in [2.05, 4.69) is 11.9 Å². The van der Waals surface area contributed by atoms with Gasteiger partial charge in [-0.1, -0.05) is 13.3 Å². The molecule has 1 fully saturated rings. The Bertz CT molecular complexity index is 383. The maximum atomic E-state index is 12.1. The van der Waals surface area contributed by atoms with Gasteiger partial charge in [-0.15, -0.1) is 0 Å².